The van der Waals surface area contributed by atoms with E-state index < -0.39 is 17.7 Å². The van der Waals surface area contributed by atoms with Crippen molar-refractivity contribution < 1.29 is 19.1 Å². The Morgan fingerprint density at radius 2 is 1.67 bits per heavy atom. The fraction of sp³-hybridized carbons (Fsp3) is 0.333. The van der Waals surface area contributed by atoms with Crippen LogP contribution in [0.3, 0.4) is 0 Å². The van der Waals surface area contributed by atoms with E-state index in [2.05, 4.69) is 5.43 Å². The van der Waals surface area contributed by atoms with Gasteiger partial charge in [-0.2, -0.15) is 5.01 Å². The molecule has 0 unspecified atom stereocenters. The Morgan fingerprint density at radius 3 is 2.30 bits per heavy atom. The van der Waals surface area contributed by atoms with Crippen LogP contribution in [0.15, 0.2) is 48.5 Å². The van der Waals surface area contributed by atoms with Crippen LogP contribution in [0.5, 0.6) is 0 Å². The number of carbonyl (C=O) groups excluding carboxylic acids is 2. The molecule has 6 heteroatoms. The highest BCUT2D eigenvalue weighted by atomic mass is 16.6. The normalized spacial score (nSPS) is 10.9. The molecule has 2 aromatic rings. The molecule has 0 aliphatic carbocycles. The molecule has 0 spiro atoms. The number of carbonyl (C=O) groups is 2. The maximum atomic E-state index is 12.9. The molecule has 0 bridgehead atoms. The first kappa shape index (κ1) is 20.3. The molecule has 6 nitrogen and oxygen atoms in total. The predicted molar refractivity (Wildman–Crippen MR) is 106 cm³/mol. The van der Waals surface area contributed by atoms with Gasteiger partial charge in [-0.15, -0.1) is 0 Å². The minimum absolute atomic E-state index is 0.241. The number of para-hydroxylation sites is 2. The van der Waals surface area contributed by atoms with Crippen LogP contribution >= 0.6 is 0 Å². The summed E-state index contributed by atoms with van der Waals surface area (Å²) in [4.78, 5) is 25.3. The van der Waals surface area contributed by atoms with E-state index in [1.54, 1.807) is 52.0 Å². The summed E-state index contributed by atoms with van der Waals surface area (Å²) in [5.74, 6) is -0.506. The molecule has 0 aliphatic rings. The van der Waals surface area contributed by atoms with Crippen LogP contribution in [0.1, 0.15) is 43.6 Å². The Kier molecular flexibility index (Phi) is 6.45. The molecule has 0 aromatic heterocycles. The number of nitrogens with one attached hydrogen (secondary N) is 1. The van der Waals surface area contributed by atoms with E-state index >= 15 is 0 Å². The number of hydrogen-bond donors (Lipinski definition) is 1. The van der Waals surface area contributed by atoms with Gasteiger partial charge in [0.25, 0.3) is 0 Å². The van der Waals surface area contributed by atoms with Gasteiger partial charge in [-0.3, -0.25) is 5.43 Å². The first-order valence-electron chi connectivity index (χ1n) is 8.84. The van der Waals surface area contributed by atoms with Gasteiger partial charge in [-0.05, 0) is 58.4 Å². The highest BCUT2D eigenvalue weighted by molar-refractivity contribution is 6.01. The molecule has 0 radical (unpaired) electrons. The molecule has 0 saturated heterocycles. The molecule has 0 fully saturated rings. The summed E-state index contributed by atoms with van der Waals surface area (Å²) in [6.07, 6.45) is -0.623. The minimum Gasteiger partial charge on any atom is -0.462 e. The lowest BCUT2D eigenvalue weighted by Gasteiger charge is -2.29. The maximum Gasteiger partial charge on any atom is 0.433 e. The lowest BCUT2D eigenvalue weighted by molar-refractivity contribution is 0.0527. The molecule has 2 rings (SSSR count). The molecule has 27 heavy (non-hydrogen) atoms. The van der Waals surface area contributed by atoms with Crippen LogP contribution in [-0.4, -0.2) is 24.3 Å². The zero-order valence-electron chi connectivity index (χ0n) is 16.4. The molecular weight excluding hydrogens is 344 g/mol. The van der Waals surface area contributed by atoms with Gasteiger partial charge in [0, 0.05) is 0 Å². The highest BCUT2D eigenvalue weighted by Crippen LogP contribution is 2.26. The largest absolute Gasteiger partial charge is 0.462 e. The third kappa shape index (κ3) is 5.48. The number of hydrazine groups is 1. The average molecular weight is 370 g/mol. The van der Waals surface area contributed by atoms with Crippen LogP contribution in [0.4, 0.5) is 16.2 Å². The summed E-state index contributed by atoms with van der Waals surface area (Å²) in [7, 11) is 0. The second-order valence-electron chi connectivity index (χ2n) is 6.98. The predicted octanol–water partition coefficient (Wildman–Crippen LogP) is 4.94. The summed E-state index contributed by atoms with van der Waals surface area (Å²) >= 11 is 0. The molecule has 0 aliphatic heterocycles. The summed E-state index contributed by atoms with van der Waals surface area (Å²) in [5.41, 5.74) is 4.67. The zero-order chi connectivity index (χ0) is 20.0. The van der Waals surface area contributed by atoms with Gasteiger partial charge in [0.15, 0.2) is 0 Å². The van der Waals surface area contributed by atoms with Crippen molar-refractivity contribution in [3.05, 3.63) is 59.7 Å². The average Bonchev–Trinajstić information content (AvgIpc) is 2.59. The van der Waals surface area contributed by atoms with Gasteiger partial charge in [0.05, 0.1) is 23.5 Å². The van der Waals surface area contributed by atoms with Gasteiger partial charge in [0.2, 0.25) is 0 Å². The Labute approximate surface area is 160 Å². The molecule has 144 valence electrons. The topological polar surface area (TPSA) is 67.9 Å². The summed E-state index contributed by atoms with van der Waals surface area (Å²) in [6.45, 7) is 9.26. The van der Waals surface area contributed by atoms with Crippen LogP contribution in [0.2, 0.25) is 0 Å². The highest BCUT2D eigenvalue weighted by Gasteiger charge is 2.27. The van der Waals surface area contributed by atoms with E-state index in [0.29, 0.717) is 5.69 Å². The lowest BCUT2D eigenvalue weighted by atomic mass is 10.1. The van der Waals surface area contributed by atoms with E-state index in [9.17, 15) is 9.59 Å². The molecule has 2 aromatic carbocycles. The minimum atomic E-state index is -0.693. The van der Waals surface area contributed by atoms with Gasteiger partial charge < -0.3 is 9.47 Å². The molecule has 1 N–H and O–H groups in total. The number of esters is 1. The SMILES string of the molecule is CCOC(=O)c1ccccc1N(Nc1ccccc1C)C(=O)OC(C)(C)C. The number of hydrogen-bond acceptors (Lipinski definition) is 5. The van der Waals surface area contributed by atoms with Crippen molar-refractivity contribution in [3.8, 4) is 0 Å². The smallest absolute Gasteiger partial charge is 0.433 e. The van der Waals surface area contributed by atoms with E-state index in [4.69, 9.17) is 9.47 Å². The molecule has 1 amide bonds. The second-order valence-corrected chi connectivity index (χ2v) is 6.98. The van der Waals surface area contributed by atoms with Crippen molar-refractivity contribution in [2.75, 3.05) is 17.0 Å². The van der Waals surface area contributed by atoms with Gasteiger partial charge in [-0.1, -0.05) is 30.3 Å². The monoisotopic (exact) mass is 370 g/mol. The summed E-state index contributed by atoms with van der Waals surface area (Å²) < 4.78 is 10.7. The standard InChI is InChI=1S/C21H26N2O4/c1-6-26-19(24)16-12-8-10-14-18(16)23(20(25)27-21(3,4)5)22-17-13-9-7-11-15(17)2/h7-14,22H,6H2,1-5H3. The molecule has 0 heterocycles. The molecule has 0 saturated carbocycles. The summed E-state index contributed by atoms with van der Waals surface area (Å²) in [6, 6.07) is 14.3. The summed E-state index contributed by atoms with van der Waals surface area (Å²) in [5, 5.41) is 1.24. The fourth-order valence-corrected chi connectivity index (χ4v) is 2.38. The lowest BCUT2D eigenvalue weighted by Crippen LogP contribution is -2.41. The van der Waals surface area contributed by atoms with Crippen molar-refractivity contribution in [1.82, 2.24) is 0 Å². The van der Waals surface area contributed by atoms with Gasteiger partial charge >= 0.3 is 12.1 Å². The Balaban J connectivity index is 2.48. The number of amides is 1. The second kappa shape index (κ2) is 8.58. The Bertz CT molecular complexity index is 812. The van der Waals surface area contributed by atoms with Crippen LogP contribution in [0, 0.1) is 6.92 Å². The molecule has 0 atom stereocenters. The molecular formula is C21H26N2O4. The van der Waals surface area contributed by atoms with E-state index in [-0.39, 0.29) is 12.2 Å². The van der Waals surface area contributed by atoms with Crippen molar-refractivity contribution in [1.29, 1.82) is 0 Å². The maximum absolute atomic E-state index is 12.9. The van der Waals surface area contributed by atoms with Crippen LogP contribution in [0.25, 0.3) is 0 Å². The quantitative estimate of drug-likeness (QED) is 0.596. The van der Waals surface area contributed by atoms with Crippen molar-refractivity contribution in [2.24, 2.45) is 0 Å². The fourth-order valence-electron chi connectivity index (χ4n) is 2.38. The van der Waals surface area contributed by atoms with Crippen LogP contribution < -0.4 is 10.4 Å². The number of benzene rings is 2. The van der Waals surface area contributed by atoms with Crippen molar-refractivity contribution >= 4 is 23.4 Å². The van der Waals surface area contributed by atoms with Crippen molar-refractivity contribution in [3.63, 3.8) is 0 Å². The Hall–Kier alpha value is -3.02. The van der Waals surface area contributed by atoms with Gasteiger partial charge in [-0.25, -0.2) is 9.59 Å². The Morgan fingerprint density at radius 1 is 1.04 bits per heavy atom. The number of nitrogens with zero attached hydrogens (tertiary/aromatic N) is 1. The first-order valence-corrected chi connectivity index (χ1v) is 8.84. The van der Waals surface area contributed by atoms with E-state index in [1.165, 1.54) is 5.01 Å². The first-order chi connectivity index (χ1) is 12.7. The number of ether oxygens (including phenoxy) is 2. The third-order valence-corrected chi connectivity index (χ3v) is 3.59. The van der Waals surface area contributed by atoms with E-state index in [1.807, 2.05) is 31.2 Å². The van der Waals surface area contributed by atoms with Crippen LogP contribution in [-0.2, 0) is 9.47 Å². The number of rotatable bonds is 5. The van der Waals surface area contributed by atoms with Gasteiger partial charge in [0.1, 0.15) is 5.60 Å². The zero-order valence-corrected chi connectivity index (χ0v) is 16.4. The van der Waals surface area contributed by atoms with Crippen molar-refractivity contribution in [2.45, 2.75) is 40.2 Å². The number of anilines is 2. The number of aryl methyl sites for hydroxylation is 1. The van der Waals surface area contributed by atoms with E-state index in [0.717, 1.165) is 11.3 Å². The third-order valence-electron chi connectivity index (χ3n) is 3.59.